The quantitative estimate of drug-likeness (QED) is 0.791. The fourth-order valence-electron chi connectivity index (χ4n) is 3.76. The number of aliphatic hydroxyl groups is 1. The van der Waals surface area contributed by atoms with Crippen molar-refractivity contribution < 1.29 is 5.11 Å². The van der Waals surface area contributed by atoms with Crippen molar-refractivity contribution in [1.29, 1.82) is 0 Å². The van der Waals surface area contributed by atoms with Crippen LogP contribution in [-0.4, -0.2) is 29.6 Å². The summed E-state index contributed by atoms with van der Waals surface area (Å²) in [5, 5.41) is 11.5. The smallest absolute Gasteiger partial charge is 0.0936 e. The van der Waals surface area contributed by atoms with Crippen LogP contribution in [0.3, 0.4) is 0 Å². The highest BCUT2D eigenvalue weighted by Gasteiger charge is 2.38. The van der Waals surface area contributed by atoms with Gasteiger partial charge in [-0.3, -0.25) is 0 Å². The minimum atomic E-state index is -0.649. The Labute approximate surface area is 142 Å². The summed E-state index contributed by atoms with van der Waals surface area (Å²) in [6, 6.07) is 10.4. The minimum absolute atomic E-state index is 0. The molecule has 0 heterocycles. The lowest BCUT2D eigenvalue weighted by atomic mass is 9.71. The SMILES string of the molecule is CCN(CC)CCC(O)(c1ccccc1)C1CCCCC1.Cl. The Kier molecular flexibility index (Phi) is 8.45. The molecule has 0 aliphatic heterocycles. The highest BCUT2D eigenvalue weighted by molar-refractivity contribution is 5.85. The third-order valence-corrected chi connectivity index (χ3v) is 5.26. The molecule has 2 rings (SSSR count). The molecule has 1 N–H and O–H groups in total. The standard InChI is InChI=1S/C19H31NO.ClH/c1-3-20(4-2)16-15-19(21,17-11-7-5-8-12-17)18-13-9-6-10-14-18;/h5,7-8,11-12,18,21H,3-4,6,9-10,13-16H2,1-2H3;1H. The second kappa shape index (κ2) is 9.54. The minimum Gasteiger partial charge on any atom is -0.385 e. The lowest BCUT2D eigenvalue weighted by molar-refractivity contribution is -0.0516. The molecule has 126 valence electrons. The van der Waals surface area contributed by atoms with Gasteiger partial charge in [0.15, 0.2) is 0 Å². The maximum absolute atomic E-state index is 11.5. The van der Waals surface area contributed by atoms with E-state index in [2.05, 4.69) is 43.0 Å². The number of nitrogens with zero attached hydrogens (tertiary/aromatic N) is 1. The van der Waals surface area contributed by atoms with Gasteiger partial charge in [0, 0.05) is 6.54 Å². The molecule has 3 heteroatoms. The van der Waals surface area contributed by atoms with E-state index in [0.717, 1.165) is 31.6 Å². The van der Waals surface area contributed by atoms with Crippen molar-refractivity contribution in [2.75, 3.05) is 19.6 Å². The van der Waals surface area contributed by atoms with Crippen LogP contribution in [-0.2, 0) is 5.60 Å². The Morgan fingerprint density at radius 3 is 2.18 bits per heavy atom. The van der Waals surface area contributed by atoms with Gasteiger partial charge in [-0.25, -0.2) is 0 Å². The van der Waals surface area contributed by atoms with E-state index < -0.39 is 5.60 Å². The maximum atomic E-state index is 11.5. The fourth-order valence-corrected chi connectivity index (χ4v) is 3.76. The lowest BCUT2D eigenvalue weighted by Gasteiger charge is -2.40. The number of benzene rings is 1. The van der Waals surface area contributed by atoms with E-state index in [4.69, 9.17) is 0 Å². The summed E-state index contributed by atoms with van der Waals surface area (Å²) in [4.78, 5) is 2.41. The fraction of sp³-hybridized carbons (Fsp3) is 0.684. The Bertz CT molecular complexity index is 401. The van der Waals surface area contributed by atoms with Crippen molar-refractivity contribution in [3.8, 4) is 0 Å². The molecule has 0 radical (unpaired) electrons. The van der Waals surface area contributed by atoms with Gasteiger partial charge in [0.05, 0.1) is 5.60 Å². The average Bonchev–Trinajstić information content (AvgIpc) is 2.57. The highest BCUT2D eigenvalue weighted by atomic mass is 35.5. The predicted octanol–water partition coefficient (Wildman–Crippen LogP) is 4.61. The van der Waals surface area contributed by atoms with E-state index in [1.54, 1.807) is 0 Å². The van der Waals surface area contributed by atoms with Gasteiger partial charge in [-0.1, -0.05) is 63.4 Å². The van der Waals surface area contributed by atoms with Gasteiger partial charge in [0.1, 0.15) is 0 Å². The molecule has 0 aromatic heterocycles. The zero-order chi connectivity index (χ0) is 15.1. The molecule has 22 heavy (non-hydrogen) atoms. The van der Waals surface area contributed by atoms with Gasteiger partial charge in [0.25, 0.3) is 0 Å². The zero-order valence-electron chi connectivity index (χ0n) is 14.1. The van der Waals surface area contributed by atoms with Crippen molar-refractivity contribution >= 4 is 12.4 Å². The van der Waals surface area contributed by atoms with E-state index in [-0.39, 0.29) is 12.4 Å². The predicted molar refractivity (Wildman–Crippen MR) is 96.6 cm³/mol. The number of hydrogen-bond acceptors (Lipinski definition) is 2. The van der Waals surface area contributed by atoms with Gasteiger partial charge in [-0.2, -0.15) is 0 Å². The molecular formula is C19H32ClNO. The Hall–Kier alpha value is -0.570. The first-order valence-corrected chi connectivity index (χ1v) is 8.71. The van der Waals surface area contributed by atoms with Gasteiger partial charge in [-0.05, 0) is 43.8 Å². The number of rotatable bonds is 7. The van der Waals surface area contributed by atoms with Gasteiger partial charge in [-0.15, -0.1) is 12.4 Å². The first-order chi connectivity index (χ1) is 10.2. The van der Waals surface area contributed by atoms with Crippen molar-refractivity contribution in [3.63, 3.8) is 0 Å². The summed E-state index contributed by atoms with van der Waals surface area (Å²) in [5.74, 6) is 0.421. The van der Waals surface area contributed by atoms with E-state index in [1.165, 1.54) is 32.1 Å². The molecule has 1 unspecified atom stereocenters. The largest absolute Gasteiger partial charge is 0.385 e. The first-order valence-electron chi connectivity index (χ1n) is 8.71. The van der Waals surface area contributed by atoms with Crippen LogP contribution in [0.25, 0.3) is 0 Å². The zero-order valence-corrected chi connectivity index (χ0v) is 14.9. The van der Waals surface area contributed by atoms with Crippen molar-refractivity contribution in [2.45, 2.75) is 58.0 Å². The molecule has 0 spiro atoms. The first kappa shape index (κ1) is 19.5. The van der Waals surface area contributed by atoms with Crippen LogP contribution in [0.4, 0.5) is 0 Å². The topological polar surface area (TPSA) is 23.5 Å². The highest BCUT2D eigenvalue weighted by Crippen LogP contribution is 2.41. The van der Waals surface area contributed by atoms with Crippen LogP contribution in [0.1, 0.15) is 57.9 Å². The molecule has 0 amide bonds. The van der Waals surface area contributed by atoms with Crippen LogP contribution in [0.15, 0.2) is 30.3 Å². The molecule has 0 bridgehead atoms. The van der Waals surface area contributed by atoms with Crippen LogP contribution in [0.5, 0.6) is 0 Å². The normalized spacial score (nSPS) is 18.7. The van der Waals surface area contributed by atoms with Crippen LogP contribution < -0.4 is 0 Å². The van der Waals surface area contributed by atoms with Gasteiger partial charge >= 0.3 is 0 Å². The summed E-state index contributed by atoms with van der Waals surface area (Å²) in [6.07, 6.45) is 7.06. The van der Waals surface area contributed by atoms with E-state index >= 15 is 0 Å². The van der Waals surface area contributed by atoms with Crippen molar-refractivity contribution in [1.82, 2.24) is 4.90 Å². The van der Waals surface area contributed by atoms with Crippen LogP contribution in [0, 0.1) is 5.92 Å². The van der Waals surface area contributed by atoms with E-state index in [9.17, 15) is 5.11 Å². The van der Waals surface area contributed by atoms with E-state index in [1.807, 2.05) is 6.07 Å². The number of hydrogen-bond donors (Lipinski definition) is 1. The van der Waals surface area contributed by atoms with Crippen molar-refractivity contribution in [2.24, 2.45) is 5.92 Å². The molecule has 1 aromatic carbocycles. The van der Waals surface area contributed by atoms with Crippen LogP contribution in [0.2, 0.25) is 0 Å². The van der Waals surface area contributed by atoms with Crippen LogP contribution >= 0.6 is 12.4 Å². The molecular weight excluding hydrogens is 294 g/mol. The Morgan fingerprint density at radius 2 is 1.64 bits per heavy atom. The monoisotopic (exact) mass is 325 g/mol. The summed E-state index contributed by atoms with van der Waals surface area (Å²) >= 11 is 0. The molecule has 0 saturated heterocycles. The maximum Gasteiger partial charge on any atom is 0.0936 e. The van der Waals surface area contributed by atoms with Gasteiger partial charge < -0.3 is 10.0 Å². The second-order valence-electron chi connectivity index (χ2n) is 6.40. The second-order valence-corrected chi connectivity index (χ2v) is 6.40. The third-order valence-electron chi connectivity index (χ3n) is 5.26. The molecule has 1 aromatic rings. The average molecular weight is 326 g/mol. The summed E-state index contributed by atoms with van der Waals surface area (Å²) in [6.45, 7) is 7.50. The number of halogens is 1. The molecule has 1 atom stereocenters. The lowest BCUT2D eigenvalue weighted by Crippen LogP contribution is -2.40. The summed E-state index contributed by atoms with van der Waals surface area (Å²) in [7, 11) is 0. The Morgan fingerprint density at radius 1 is 1.05 bits per heavy atom. The Balaban J connectivity index is 0.00000242. The molecule has 1 aliphatic carbocycles. The van der Waals surface area contributed by atoms with Gasteiger partial charge in [0.2, 0.25) is 0 Å². The molecule has 1 aliphatic rings. The third kappa shape index (κ3) is 4.71. The molecule has 2 nitrogen and oxygen atoms in total. The molecule has 1 fully saturated rings. The summed E-state index contributed by atoms with van der Waals surface area (Å²) < 4.78 is 0. The molecule has 1 saturated carbocycles. The van der Waals surface area contributed by atoms with E-state index in [0.29, 0.717) is 5.92 Å². The van der Waals surface area contributed by atoms with Crippen molar-refractivity contribution in [3.05, 3.63) is 35.9 Å². The summed E-state index contributed by atoms with van der Waals surface area (Å²) in [5.41, 5.74) is 0.466.